The van der Waals surface area contributed by atoms with Gasteiger partial charge in [0.05, 0.1) is 17.4 Å². The molecule has 2 aromatic heterocycles. The van der Waals surface area contributed by atoms with Crippen molar-refractivity contribution in [1.29, 1.82) is 0 Å². The molecule has 0 saturated heterocycles. The maximum absolute atomic E-state index is 11.9. The van der Waals surface area contributed by atoms with Gasteiger partial charge in [-0.05, 0) is 44.0 Å². The predicted octanol–water partition coefficient (Wildman–Crippen LogP) is 3.32. The first-order chi connectivity index (χ1) is 12.5. The van der Waals surface area contributed by atoms with E-state index in [-0.39, 0.29) is 11.9 Å². The number of nitrogens with zero attached hydrogens (tertiary/aromatic N) is 3. The number of hydrogen-bond acceptors (Lipinski definition) is 5. The van der Waals surface area contributed by atoms with Gasteiger partial charge in [-0.3, -0.25) is 4.79 Å². The first-order valence-corrected chi connectivity index (χ1v) is 8.74. The highest BCUT2D eigenvalue weighted by Crippen LogP contribution is 2.33. The summed E-state index contributed by atoms with van der Waals surface area (Å²) < 4.78 is 7.65. The maximum Gasteiger partial charge on any atom is 0.265 e. The van der Waals surface area contributed by atoms with Crippen molar-refractivity contribution in [2.45, 2.75) is 39.3 Å². The third kappa shape index (κ3) is 2.85. The second-order valence-corrected chi connectivity index (χ2v) is 6.52. The van der Waals surface area contributed by atoms with Gasteiger partial charge in [0.25, 0.3) is 5.91 Å². The number of amides is 1. The van der Waals surface area contributed by atoms with Crippen LogP contribution in [-0.2, 0) is 4.79 Å². The number of benzene rings is 1. The summed E-state index contributed by atoms with van der Waals surface area (Å²) in [5.74, 6) is 1.39. The number of anilines is 2. The van der Waals surface area contributed by atoms with E-state index in [0.29, 0.717) is 17.9 Å². The van der Waals surface area contributed by atoms with Crippen LogP contribution in [0.2, 0.25) is 0 Å². The Kier molecular flexibility index (Phi) is 3.99. The first kappa shape index (κ1) is 16.4. The fourth-order valence-electron chi connectivity index (χ4n) is 3.14. The monoisotopic (exact) mass is 351 g/mol. The van der Waals surface area contributed by atoms with Crippen LogP contribution in [0.3, 0.4) is 0 Å². The number of rotatable bonds is 4. The van der Waals surface area contributed by atoms with Crippen LogP contribution in [0.4, 0.5) is 11.5 Å². The molecule has 1 aliphatic rings. The largest absolute Gasteiger partial charge is 0.478 e. The fourth-order valence-corrected chi connectivity index (χ4v) is 3.14. The SMILES string of the molecule is CCC1Oc2cc(C(C)Nc3nccn4nc(C)cc34)ccc2NC1=O. The van der Waals surface area contributed by atoms with E-state index in [9.17, 15) is 4.79 Å². The van der Waals surface area contributed by atoms with E-state index in [0.717, 1.165) is 22.6 Å². The second-order valence-electron chi connectivity index (χ2n) is 6.52. The van der Waals surface area contributed by atoms with Gasteiger partial charge in [0, 0.05) is 12.4 Å². The van der Waals surface area contributed by atoms with Crippen LogP contribution in [0.25, 0.3) is 5.52 Å². The number of aryl methyl sites for hydroxylation is 1. The van der Waals surface area contributed by atoms with Crippen molar-refractivity contribution in [2.24, 2.45) is 0 Å². The molecule has 0 bridgehead atoms. The van der Waals surface area contributed by atoms with Crippen LogP contribution in [0.1, 0.15) is 37.6 Å². The summed E-state index contributed by atoms with van der Waals surface area (Å²) in [5, 5.41) is 10.7. The lowest BCUT2D eigenvalue weighted by atomic mass is 10.1. The van der Waals surface area contributed by atoms with E-state index in [2.05, 4.69) is 27.6 Å². The van der Waals surface area contributed by atoms with E-state index >= 15 is 0 Å². The fraction of sp³-hybridized carbons (Fsp3) is 0.316. The van der Waals surface area contributed by atoms with E-state index in [4.69, 9.17) is 4.74 Å². The van der Waals surface area contributed by atoms with Crippen molar-refractivity contribution in [2.75, 3.05) is 10.6 Å². The molecule has 2 atom stereocenters. The highest BCUT2D eigenvalue weighted by Gasteiger charge is 2.26. The van der Waals surface area contributed by atoms with Crippen molar-refractivity contribution in [1.82, 2.24) is 14.6 Å². The Labute approximate surface area is 151 Å². The molecule has 3 heterocycles. The Morgan fingerprint density at radius 2 is 2.23 bits per heavy atom. The molecule has 1 aliphatic heterocycles. The topological polar surface area (TPSA) is 80.6 Å². The van der Waals surface area contributed by atoms with Crippen LogP contribution in [0.15, 0.2) is 36.7 Å². The highest BCUT2D eigenvalue weighted by molar-refractivity contribution is 5.97. The molecule has 2 N–H and O–H groups in total. The third-order valence-corrected chi connectivity index (χ3v) is 4.56. The average Bonchev–Trinajstić information content (AvgIpc) is 3.02. The molecule has 0 radical (unpaired) electrons. The zero-order valence-electron chi connectivity index (χ0n) is 15.0. The molecule has 4 rings (SSSR count). The van der Waals surface area contributed by atoms with Crippen LogP contribution in [0.5, 0.6) is 5.75 Å². The number of carbonyl (C=O) groups excluding carboxylic acids is 1. The smallest absolute Gasteiger partial charge is 0.265 e. The summed E-state index contributed by atoms with van der Waals surface area (Å²) >= 11 is 0. The third-order valence-electron chi connectivity index (χ3n) is 4.56. The zero-order chi connectivity index (χ0) is 18.3. The minimum atomic E-state index is -0.439. The van der Waals surface area contributed by atoms with Crippen LogP contribution >= 0.6 is 0 Å². The predicted molar refractivity (Wildman–Crippen MR) is 99.5 cm³/mol. The van der Waals surface area contributed by atoms with Gasteiger partial charge in [-0.25, -0.2) is 9.50 Å². The van der Waals surface area contributed by atoms with Gasteiger partial charge in [-0.15, -0.1) is 0 Å². The minimum absolute atomic E-state index is 0.00973. The van der Waals surface area contributed by atoms with E-state index in [1.54, 1.807) is 6.20 Å². The zero-order valence-corrected chi connectivity index (χ0v) is 15.0. The standard InChI is InChI=1S/C19H21N5O2/c1-4-16-19(25)22-14-6-5-13(10-17(14)26-16)12(3)21-18-15-9-11(2)23-24(15)8-7-20-18/h5-10,12,16H,4H2,1-3H3,(H,20,21)(H,22,25). The summed E-state index contributed by atoms with van der Waals surface area (Å²) in [4.78, 5) is 16.4. The first-order valence-electron chi connectivity index (χ1n) is 8.74. The molecule has 2 unspecified atom stereocenters. The summed E-state index contributed by atoms with van der Waals surface area (Å²) in [6.45, 7) is 5.96. The number of fused-ring (bicyclic) bond motifs is 2. The van der Waals surface area contributed by atoms with Crippen molar-refractivity contribution in [3.8, 4) is 5.75 Å². The maximum atomic E-state index is 11.9. The summed E-state index contributed by atoms with van der Waals surface area (Å²) in [6.07, 6.45) is 3.76. The number of nitrogens with one attached hydrogen (secondary N) is 2. The molecule has 26 heavy (non-hydrogen) atoms. The Bertz CT molecular complexity index is 981. The molecule has 7 heteroatoms. The Hall–Kier alpha value is -3.09. The number of carbonyl (C=O) groups is 1. The van der Waals surface area contributed by atoms with Gasteiger partial charge in [0.15, 0.2) is 11.9 Å². The minimum Gasteiger partial charge on any atom is -0.478 e. The van der Waals surface area contributed by atoms with Gasteiger partial charge < -0.3 is 15.4 Å². The second kappa shape index (κ2) is 6.33. The molecular formula is C19H21N5O2. The van der Waals surface area contributed by atoms with E-state index in [1.165, 1.54) is 0 Å². The lowest BCUT2D eigenvalue weighted by molar-refractivity contribution is -0.123. The van der Waals surface area contributed by atoms with Crippen molar-refractivity contribution >= 4 is 22.9 Å². The van der Waals surface area contributed by atoms with Gasteiger partial charge in [0.1, 0.15) is 11.3 Å². The summed E-state index contributed by atoms with van der Waals surface area (Å²) in [5.41, 5.74) is 3.64. The molecule has 0 spiro atoms. The van der Waals surface area contributed by atoms with Gasteiger partial charge in [0.2, 0.25) is 0 Å². The van der Waals surface area contributed by atoms with E-state index < -0.39 is 6.10 Å². The van der Waals surface area contributed by atoms with Gasteiger partial charge in [-0.2, -0.15) is 5.10 Å². The summed E-state index contributed by atoms with van der Waals surface area (Å²) in [7, 11) is 0. The molecule has 1 aromatic carbocycles. The Morgan fingerprint density at radius 3 is 3.04 bits per heavy atom. The molecule has 3 aromatic rings. The molecule has 0 aliphatic carbocycles. The molecule has 0 fully saturated rings. The summed E-state index contributed by atoms with van der Waals surface area (Å²) in [6, 6.07) is 7.84. The van der Waals surface area contributed by atoms with Crippen LogP contribution < -0.4 is 15.4 Å². The number of ether oxygens (including phenoxy) is 1. The van der Waals surface area contributed by atoms with E-state index in [1.807, 2.05) is 48.8 Å². The van der Waals surface area contributed by atoms with Crippen molar-refractivity contribution < 1.29 is 9.53 Å². The quantitative estimate of drug-likeness (QED) is 0.754. The number of aromatic nitrogens is 3. The highest BCUT2D eigenvalue weighted by atomic mass is 16.5. The normalized spacial score (nSPS) is 17.3. The van der Waals surface area contributed by atoms with Gasteiger partial charge >= 0.3 is 0 Å². The number of hydrogen-bond donors (Lipinski definition) is 2. The molecule has 134 valence electrons. The van der Waals surface area contributed by atoms with Gasteiger partial charge in [-0.1, -0.05) is 13.0 Å². The average molecular weight is 351 g/mol. The molecule has 1 amide bonds. The van der Waals surface area contributed by atoms with Crippen molar-refractivity contribution in [3.63, 3.8) is 0 Å². The lowest BCUT2D eigenvalue weighted by Crippen LogP contribution is -2.36. The van der Waals surface area contributed by atoms with Crippen LogP contribution in [-0.4, -0.2) is 26.6 Å². The van der Waals surface area contributed by atoms with Crippen LogP contribution in [0, 0.1) is 6.92 Å². The Balaban J connectivity index is 1.60. The van der Waals surface area contributed by atoms with Crippen molar-refractivity contribution in [3.05, 3.63) is 47.9 Å². The molecule has 0 saturated carbocycles. The molecular weight excluding hydrogens is 330 g/mol. The molecule has 7 nitrogen and oxygen atoms in total. The lowest BCUT2D eigenvalue weighted by Gasteiger charge is -2.26. The Morgan fingerprint density at radius 1 is 1.38 bits per heavy atom.